The van der Waals surface area contributed by atoms with Crippen LogP contribution >= 0.6 is 176 Å². The number of aryl methyl sites for hydroxylation is 1. The molecule has 0 aromatic heterocycles. The van der Waals surface area contributed by atoms with E-state index in [1.54, 1.807) is 16.0 Å². The maximum absolute atomic E-state index is 10.6. The number of hydrogen-bond acceptors (Lipinski definition) is 7. The molecule has 710 valence electrons. The second-order valence-electron chi connectivity index (χ2n) is 41.4. The molecule has 0 radical (unpaired) electrons. The van der Waals surface area contributed by atoms with Gasteiger partial charge >= 0.3 is 49.6 Å². The second kappa shape index (κ2) is 49.6. The van der Waals surface area contributed by atoms with Gasteiger partial charge in [-0.2, -0.15) is 0 Å². The van der Waals surface area contributed by atoms with E-state index in [0.717, 1.165) is 117 Å². The van der Waals surface area contributed by atoms with Gasteiger partial charge in [-0.25, -0.2) is 0 Å². The van der Waals surface area contributed by atoms with E-state index in [2.05, 4.69) is 378 Å². The molecule has 1 saturated heterocycles. The van der Waals surface area contributed by atoms with Crippen LogP contribution < -0.4 is 4.74 Å². The van der Waals surface area contributed by atoms with Gasteiger partial charge in [0.1, 0.15) is 29.5 Å². The average Bonchev–Trinajstić information content (AvgIpc) is 1.48. The molecule has 24 heteroatoms. The number of fused-ring (bicyclic) bond motifs is 9. The van der Waals surface area contributed by atoms with Crippen LogP contribution in [0.1, 0.15) is 177 Å². The topological polar surface area (TPSA) is 123 Å². The number of epoxide rings is 1. The number of alkyl halides is 6. The first-order valence-corrected chi connectivity index (χ1v) is 72.0. The number of para-hydroxylation sites is 1. The summed E-state index contributed by atoms with van der Waals surface area (Å²) in [5.74, 6) is 12.9. The van der Waals surface area contributed by atoms with Crippen molar-refractivity contribution < 1.29 is 47.4 Å². The number of benzene rings is 7. The summed E-state index contributed by atoms with van der Waals surface area (Å²) in [7, 11) is 15.9. The molecule has 131 heavy (non-hydrogen) atoms. The van der Waals surface area contributed by atoms with E-state index in [4.69, 9.17) is 58.3 Å². The fraction of sp³-hybridized carbons (Fsp3) is 0.486. The standard InChI is InChI=1S/C21H28Br2OSi.C20H28OSi.C18H21Br2O.C18H19BrO.C15H18O2.C11H14Si.C3H5ClO.CHBr3.4ClH.Ti/c1-19-11-15(24)10-17(19)20(13-21(20,22)23)18(14-8-6-5-7-9-14)16(12-19)25(2,3)4;1-14-17-11-16(21)12-20(17,2)13-18(22(3,4)5)19(14)15-9-7-6-8-10-15;1-18-8-7-14(12-5-3-2-4-6-12)15(10-17(19)20)16(18)9-13(21)11-18;1-18-7-6-13-12-4-2-3-5-14(12)17(19)9-15(13)16(18)8-11(20)10-18;1-13(2)12-14(16)8-6-7-11-17-15-9-4-3-5-10-15;1-12(2,3)10-9-11-7-5-4-6-8-11;4-1-3-2-5-3;2-1(3)4;;;;;/h5-9,15,17,24H,10-13H2,1-4H3;6-10,16-17,21H,1,11-13H2,2-5H3;2-7,13,15-16,21H,8-11H2,1H3;2-5,9,11,16,20H,6-8,10H2,1H3;3-5,9-10,14,16H,1,8,11-12H2,2H3;4-8H,1-3H3;3H,1-2H2;1H;4*1H;/q;;+1;;;;;;;;;;+4/p-4/t15-,17-,19+,20?;16-,17+,20+;13-,15?,16+,18-;11-,16+,18-;14-;;3-;;;;;;/m11111.1....../s1. The molecule has 17 rings (SSSR count). The second-order valence-corrected chi connectivity index (χ2v) is 86.2. The van der Waals surface area contributed by atoms with Crippen molar-refractivity contribution in [3.8, 4) is 29.1 Å². The quantitative estimate of drug-likeness (QED) is 0.0195. The monoisotopic (exact) mass is 2470 g/mol. The number of rotatable bonds is 13. The van der Waals surface area contributed by atoms with Gasteiger partial charge in [0.2, 0.25) is 35.6 Å². The van der Waals surface area contributed by atoms with Gasteiger partial charge in [0, 0.05) is 27.8 Å². The number of allylic oxidation sites excluding steroid dienone is 7. The van der Waals surface area contributed by atoms with E-state index >= 15 is 0 Å². The Morgan fingerprint density at radius 3 is 1.60 bits per heavy atom. The van der Waals surface area contributed by atoms with Crippen LogP contribution in [0.3, 0.4) is 0 Å². The van der Waals surface area contributed by atoms with Crippen molar-refractivity contribution in [1.82, 2.24) is 0 Å². The van der Waals surface area contributed by atoms with Gasteiger partial charge in [-0.1, -0.05) is 380 Å². The predicted molar refractivity (Wildman–Crippen MR) is 595 cm³/mol. The van der Waals surface area contributed by atoms with Crippen LogP contribution in [0, 0.1) is 77.8 Å². The van der Waals surface area contributed by atoms with Crippen LogP contribution in [0.15, 0.2) is 227 Å². The molecule has 10 aliphatic rings. The van der Waals surface area contributed by atoms with Crippen LogP contribution in [0.5, 0.6) is 5.75 Å². The molecular formula is C107H134Br8Cl5O7Si3Ti+. The summed E-state index contributed by atoms with van der Waals surface area (Å²) in [6, 6.07) is 63.2. The van der Waals surface area contributed by atoms with Gasteiger partial charge in [0.05, 0.1) is 68.5 Å². The molecular weight excluding hydrogens is 2350 g/mol. The van der Waals surface area contributed by atoms with Crippen molar-refractivity contribution in [2.75, 3.05) is 19.1 Å². The van der Waals surface area contributed by atoms with Crippen molar-refractivity contribution in [3.05, 3.63) is 264 Å². The van der Waals surface area contributed by atoms with Crippen molar-refractivity contribution in [1.29, 1.82) is 0 Å². The predicted octanol–water partition coefficient (Wildman–Crippen LogP) is 33.3. The molecule has 1 heterocycles. The van der Waals surface area contributed by atoms with Crippen molar-refractivity contribution in [3.63, 3.8) is 0 Å². The minimum atomic E-state index is -3.11. The molecule has 2 unspecified atom stereocenters. The molecule has 0 bridgehead atoms. The fourth-order valence-electron chi connectivity index (χ4n) is 21.6. The van der Waals surface area contributed by atoms with E-state index in [0.29, 0.717) is 61.0 Å². The summed E-state index contributed by atoms with van der Waals surface area (Å²) in [6.07, 6.45) is 18.1. The number of ether oxygens (including phenoxy) is 2. The molecule has 1 aliphatic heterocycles. The first-order valence-electron chi connectivity index (χ1n) is 45.6. The van der Waals surface area contributed by atoms with Crippen molar-refractivity contribution in [2.45, 2.75) is 251 Å². The number of aliphatic hydroxyl groups is 5. The van der Waals surface area contributed by atoms with Gasteiger partial charge < -0.3 is 35.0 Å². The van der Waals surface area contributed by atoms with E-state index < -0.39 is 42.7 Å². The summed E-state index contributed by atoms with van der Waals surface area (Å²) < 4.78 is 12.7. The Bertz CT molecular complexity index is 5160. The zero-order chi connectivity index (χ0) is 96.6. The van der Waals surface area contributed by atoms with E-state index in [1.807, 2.05) is 67.6 Å². The van der Waals surface area contributed by atoms with E-state index in [1.165, 1.54) is 66.2 Å². The van der Waals surface area contributed by atoms with Gasteiger partial charge in [-0.15, -0.1) is 23.7 Å². The van der Waals surface area contributed by atoms with Crippen LogP contribution in [0.2, 0.25) is 58.9 Å². The average molecular weight is 2480 g/mol. The van der Waals surface area contributed by atoms with Crippen molar-refractivity contribution >= 4 is 228 Å². The first-order chi connectivity index (χ1) is 61.2. The Kier molecular flexibility index (Phi) is 42.9. The summed E-state index contributed by atoms with van der Waals surface area (Å²) in [4.78, 5) is 0. The Morgan fingerprint density at radius 2 is 1.09 bits per heavy atom. The van der Waals surface area contributed by atoms with Crippen LogP contribution in [-0.4, -0.2) is 111 Å². The van der Waals surface area contributed by atoms with E-state index in [-0.39, 0.29) is 57.4 Å². The zero-order valence-corrected chi connectivity index (χ0v) is 99.4. The molecule has 7 aromatic carbocycles. The Labute approximate surface area is 879 Å². The third-order valence-electron chi connectivity index (χ3n) is 27.4. The van der Waals surface area contributed by atoms with Crippen LogP contribution in [-0.2, 0) is 23.5 Å². The molecule has 9 aliphatic carbocycles. The normalized spacial score (nSPS) is 28.0. The fourth-order valence-corrected chi connectivity index (χ4v) is 29.4. The number of halogens is 13. The molecule has 6 fully saturated rings. The van der Waals surface area contributed by atoms with Gasteiger partial charge in [0.25, 0.3) is 0 Å². The first kappa shape index (κ1) is 113. The van der Waals surface area contributed by atoms with Gasteiger partial charge in [-0.3, -0.25) is 0 Å². The minimum absolute atomic E-state index is 0.0283. The Morgan fingerprint density at radius 1 is 0.626 bits per heavy atom. The molecule has 5 N–H and O–H groups in total. The Hall–Kier alpha value is -1.30. The van der Waals surface area contributed by atoms with Gasteiger partial charge in [0.15, 0.2) is 0 Å². The molecule has 7 aromatic rings. The van der Waals surface area contributed by atoms with Crippen LogP contribution in [0.4, 0.5) is 0 Å². The molecule has 16 atom stereocenters. The Balaban J connectivity index is 0.000000173. The third-order valence-corrected chi connectivity index (χ3v) is 36.4. The van der Waals surface area contributed by atoms with Gasteiger partial charge in [-0.05, 0) is 240 Å². The molecule has 1 spiro atoms. The zero-order valence-electron chi connectivity index (χ0n) is 78.3. The summed E-state index contributed by atoms with van der Waals surface area (Å²) in [6.45, 7) is 42.4. The summed E-state index contributed by atoms with van der Waals surface area (Å²) in [5.41, 5.74) is 19.2. The summed E-state index contributed by atoms with van der Waals surface area (Å²) >= 11 is 30.5. The molecule has 5 saturated carbocycles. The SMILES string of the molecule is BrC(Br)Br.C=C(C)C[C@H](O)CC#CCOc1ccccc1.C=C1C(c2ccccc2)=C([Si](C)(C)C)C[C@]2(C)C[C@H](O)C[C@@H]12.C[C@]12CC([Si](C)(C)C)=C(c3ccccc3)C3(CC3(Br)Br)[C@@H]1C[C@@H](O)C2.C[C@]12CC=C(c3ccccc3)C(C[C+](Br)Br)[C@@H]1C[C@@H](O)C2.C[C@]12CCc3c(cc(Br)c4ccccc34)[C@@H]1C[C@@H](O)C2.C[Si](C)(C)C#Cc1ccccc1.ClC[C@@H]1CO1.[Cl][Ti]([Cl])([Cl])[Cl]. The molecule has 0 amide bonds. The third kappa shape index (κ3) is 32.6. The van der Waals surface area contributed by atoms with Crippen LogP contribution in [0.25, 0.3) is 27.5 Å². The molecule has 7 nitrogen and oxygen atoms in total. The number of aliphatic hydroxyl groups excluding tert-OH is 5. The summed E-state index contributed by atoms with van der Waals surface area (Å²) in [5, 5.41) is 56.7. The van der Waals surface area contributed by atoms with E-state index in [9.17, 15) is 25.5 Å². The number of hydrogen-bond donors (Lipinski definition) is 5. The maximum atomic E-state index is 10.6. The van der Waals surface area contributed by atoms with Crippen molar-refractivity contribution in [2.24, 2.45) is 50.7 Å².